The second-order valence-electron chi connectivity index (χ2n) is 9.77. The number of alkyl carbamates (subject to hydrolysis) is 2. The number of methoxy groups -OCH3 is 3. The normalized spacial score (nSPS) is 11.4. The highest BCUT2D eigenvalue weighted by molar-refractivity contribution is 5.83. The van der Waals surface area contributed by atoms with Crippen molar-refractivity contribution in [1.29, 1.82) is 0 Å². The first-order valence-electron chi connectivity index (χ1n) is 13.0. The van der Waals surface area contributed by atoms with Crippen molar-refractivity contribution < 1.29 is 42.9 Å². The van der Waals surface area contributed by atoms with E-state index in [0.717, 1.165) is 5.56 Å². The lowest BCUT2D eigenvalue weighted by atomic mass is 10.1. The van der Waals surface area contributed by atoms with Crippen molar-refractivity contribution >= 4 is 24.1 Å². The monoisotopic (exact) mass is 565 g/mol. The van der Waals surface area contributed by atoms with Crippen LogP contribution < -0.4 is 20.1 Å². The van der Waals surface area contributed by atoms with E-state index in [0.29, 0.717) is 37.4 Å². The molecule has 0 aliphatic rings. The maximum absolute atomic E-state index is 13.4. The van der Waals surface area contributed by atoms with Crippen molar-refractivity contribution in [2.45, 2.75) is 64.6 Å². The molecule has 0 aromatic heterocycles. The standard InChI is InChI=1S/C28H43N3O9/c1-8-17-39-26(34)29-15-9-10-16-31(19-20-11-12-21(36-5)18-23(20)37-6)24(32)14-13-22(25(33)38-7)30-27(35)40-28(2,3)4/h8,11-12,18,22H,1,9-10,13-17,19H2,2-7H3,(H,29,34)(H,30,35)/t22-/m0/s1. The number of nitrogens with one attached hydrogen (secondary N) is 2. The first kappa shape index (κ1) is 34.1. The Balaban J connectivity index is 2.93. The molecule has 1 aromatic carbocycles. The van der Waals surface area contributed by atoms with Gasteiger partial charge in [0.05, 0.1) is 21.3 Å². The molecule has 3 amide bonds. The van der Waals surface area contributed by atoms with Crippen LogP contribution in [0.25, 0.3) is 0 Å². The number of carbonyl (C=O) groups excluding carboxylic acids is 4. The second kappa shape index (κ2) is 17.6. The van der Waals surface area contributed by atoms with Crippen LogP contribution in [0.5, 0.6) is 11.5 Å². The number of carbonyl (C=O) groups is 4. The lowest BCUT2D eigenvalue weighted by molar-refractivity contribution is -0.143. The summed E-state index contributed by atoms with van der Waals surface area (Å²) < 4.78 is 25.7. The Morgan fingerprint density at radius 3 is 2.38 bits per heavy atom. The maximum atomic E-state index is 13.4. The minimum Gasteiger partial charge on any atom is -0.497 e. The number of hydrogen-bond acceptors (Lipinski definition) is 9. The molecular formula is C28H43N3O9. The number of nitrogens with zero attached hydrogens (tertiary/aromatic N) is 1. The Morgan fingerprint density at radius 2 is 1.77 bits per heavy atom. The molecule has 1 rings (SSSR count). The number of ether oxygens (including phenoxy) is 5. The van der Waals surface area contributed by atoms with Crippen molar-refractivity contribution in [3.05, 3.63) is 36.4 Å². The molecule has 0 radical (unpaired) electrons. The Hall–Kier alpha value is -3.96. The van der Waals surface area contributed by atoms with E-state index < -0.39 is 29.8 Å². The molecule has 224 valence electrons. The summed E-state index contributed by atoms with van der Waals surface area (Å²) in [6, 6.07) is 4.26. The average Bonchev–Trinajstić information content (AvgIpc) is 2.91. The SMILES string of the molecule is C=CCOC(=O)NCCCCN(Cc1ccc(OC)cc1OC)C(=O)CC[C@H](NC(=O)OC(C)(C)C)C(=O)OC. The van der Waals surface area contributed by atoms with Gasteiger partial charge in [-0.05, 0) is 52.2 Å². The molecule has 0 aliphatic carbocycles. The Kier molecular flexibility index (Phi) is 15.0. The quantitative estimate of drug-likeness (QED) is 0.133. The molecule has 1 atom stereocenters. The molecule has 0 saturated carbocycles. The van der Waals surface area contributed by atoms with Gasteiger partial charge < -0.3 is 39.2 Å². The van der Waals surface area contributed by atoms with Gasteiger partial charge in [0.25, 0.3) is 0 Å². The summed E-state index contributed by atoms with van der Waals surface area (Å²) in [6.45, 7) is 9.70. The van der Waals surface area contributed by atoms with Gasteiger partial charge in [-0.3, -0.25) is 4.79 Å². The fraction of sp³-hybridized carbons (Fsp3) is 0.571. The Bertz CT molecular complexity index is 992. The largest absolute Gasteiger partial charge is 0.497 e. The summed E-state index contributed by atoms with van der Waals surface area (Å²) >= 11 is 0. The van der Waals surface area contributed by atoms with Gasteiger partial charge in [-0.25, -0.2) is 14.4 Å². The van der Waals surface area contributed by atoms with E-state index in [9.17, 15) is 19.2 Å². The molecule has 0 aliphatic heterocycles. The summed E-state index contributed by atoms with van der Waals surface area (Å²) in [7, 11) is 4.29. The van der Waals surface area contributed by atoms with E-state index in [-0.39, 0.29) is 31.9 Å². The highest BCUT2D eigenvalue weighted by atomic mass is 16.6. The van der Waals surface area contributed by atoms with Gasteiger partial charge in [-0.1, -0.05) is 12.7 Å². The summed E-state index contributed by atoms with van der Waals surface area (Å²) in [4.78, 5) is 51.1. The van der Waals surface area contributed by atoms with Crippen LogP contribution in [0.1, 0.15) is 52.0 Å². The molecule has 12 heteroatoms. The molecule has 40 heavy (non-hydrogen) atoms. The molecule has 0 heterocycles. The van der Waals surface area contributed by atoms with Gasteiger partial charge in [0.1, 0.15) is 29.7 Å². The number of hydrogen-bond donors (Lipinski definition) is 2. The third-order valence-electron chi connectivity index (χ3n) is 5.49. The van der Waals surface area contributed by atoms with Crippen molar-refractivity contribution in [3.63, 3.8) is 0 Å². The third kappa shape index (κ3) is 13.2. The minimum atomic E-state index is -1.06. The molecular weight excluding hydrogens is 522 g/mol. The maximum Gasteiger partial charge on any atom is 0.408 e. The van der Waals surface area contributed by atoms with Crippen molar-refractivity contribution in [2.24, 2.45) is 0 Å². The smallest absolute Gasteiger partial charge is 0.408 e. The highest BCUT2D eigenvalue weighted by Crippen LogP contribution is 2.26. The molecule has 2 N–H and O–H groups in total. The zero-order chi connectivity index (χ0) is 30.1. The van der Waals surface area contributed by atoms with Crippen LogP contribution in [0.2, 0.25) is 0 Å². The summed E-state index contributed by atoms with van der Waals surface area (Å²) in [5.41, 5.74) is 0.00523. The summed E-state index contributed by atoms with van der Waals surface area (Å²) in [5.74, 6) is 0.248. The predicted octanol–water partition coefficient (Wildman–Crippen LogP) is 3.57. The number of amides is 3. The molecule has 0 spiro atoms. The van der Waals surface area contributed by atoms with Crippen LogP contribution in [-0.2, 0) is 30.3 Å². The molecule has 0 bridgehead atoms. The van der Waals surface area contributed by atoms with Crippen molar-refractivity contribution in [2.75, 3.05) is 41.0 Å². The highest BCUT2D eigenvalue weighted by Gasteiger charge is 2.27. The van der Waals surface area contributed by atoms with Gasteiger partial charge in [-0.15, -0.1) is 0 Å². The van der Waals surface area contributed by atoms with Gasteiger partial charge >= 0.3 is 18.2 Å². The lowest BCUT2D eigenvalue weighted by Crippen LogP contribution is -2.44. The summed E-state index contributed by atoms with van der Waals surface area (Å²) in [5, 5.41) is 5.13. The predicted molar refractivity (Wildman–Crippen MR) is 148 cm³/mol. The van der Waals surface area contributed by atoms with E-state index in [1.807, 2.05) is 6.07 Å². The first-order chi connectivity index (χ1) is 18.9. The zero-order valence-electron chi connectivity index (χ0n) is 24.4. The number of benzene rings is 1. The van der Waals surface area contributed by atoms with Crippen molar-refractivity contribution in [1.82, 2.24) is 15.5 Å². The van der Waals surface area contributed by atoms with E-state index in [1.54, 1.807) is 44.9 Å². The Labute approximate surface area is 236 Å². The van der Waals surface area contributed by atoms with Gasteiger partial charge in [0, 0.05) is 37.7 Å². The molecule has 12 nitrogen and oxygen atoms in total. The number of rotatable bonds is 16. The molecule has 0 fully saturated rings. The number of esters is 1. The zero-order valence-corrected chi connectivity index (χ0v) is 24.4. The van der Waals surface area contributed by atoms with Crippen LogP contribution in [0, 0.1) is 0 Å². The molecule has 0 unspecified atom stereocenters. The fourth-order valence-electron chi connectivity index (χ4n) is 3.55. The van der Waals surface area contributed by atoms with Gasteiger partial charge in [0.15, 0.2) is 0 Å². The second-order valence-corrected chi connectivity index (χ2v) is 9.77. The van der Waals surface area contributed by atoms with Gasteiger partial charge in [0.2, 0.25) is 5.91 Å². The third-order valence-corrected chi connectivity index (χ3v) is 5.49. The van der Waals surface area contributed by atoms with Crippen LogP contribution in [0.15, 0.2) is 30.9 Å². The van der Waals surface area contributed by atoms with E-state index in [4.69, 9.17) is 23.7 Å². The van der Waals surface area contributed by atoms with Crippen LogP contribution in [0.3, 0.4) is 0 Å². The topological polar surface area (TPSA) is 142 Å². The molecule has 0 saturated heterocycles. The van der Waals surface area contributed by atoms with Gasteiger partial charge in [-0.2, -0.15) is 0 Å². The Morgan fingerprint density at radius 1 is 1.05 bits per heavy atom. The van der Waals surface area contributed by atoms with Crippen LogP contribution in [0.4, 0.5) is 9.59 Å². The van der Waals surface area contributed by atoms with E-state index in [2.05, 4.69) is 17.2 Å². The first-order valence-corrected chi connectivity index (χ1v) is 13.0. The average molecular weight is 566 g/mol. The van der Waals surface area contributed by atoms with Crippen LogP contribution in [-0.4, -0.2) is 81.6 Å². The van der Waals surface area contributed by atoms with Crippen LogP contribution >= 0.6 is 0 Å². The van der Waals surface area contributed by atoms with E-state index in [1.165, 1.54) is 20.3 Å². The van der Waals surface area contributed by atoms with E-state index >= 15 is 0 Å². The van der Waals surface area contributed by atoms with Crippen molar-refractivity contribution in [3.8, 4) is 11.5 Å². The minimum absolute atomic E-state index is 0.0116. The summed E-state index contributed by atoms with van der Waals surface area (Å²) in [6.07, 6.45) is 1.30. The number of unbranched alkanes of at least 4 members (excludes halogenated alkanes) is 1. The molecule has 1 aromatic rings. The fourth-order valence-corrected chi connectivity index (χ4v) is 3.55. The lowest BCUT2D eigenvalue weighted by Gasteiger charge is -2.26.